The second kappa shape index (κ2) is 6.02. The van der Waals surface area contributed by atoms with Crippen LogP contribution in [-0.4, -0.2) is 41.9 Å². The van der Waals surface area contributed by atoms with Gasteiger partial charge in [0.25, 0.3) is 0 Å². The zero-order valence-electron chi connectivity index (χ0n) is 11.4. The number of rotatable bonds is 4. The van der Waals surface area contributed by atoms with Gasteiger partial charge in [-0.05, 0) is 31.4 Å². The van der Waals surface area contributed by atoms with Gasteiger partial charge in [-0.2, -0.15) is 0 Å². The van der Waals surface area contributed by atoms with Crippen LogP contribution >= 0.6 is 0 Å². The summed E-state index contributed by atoms with van der Waals surface area (Å²) < 4.78 is 5.06. The van der Waals surface area contributed by atoms with E-state index in [9.17, 15) is 9.90 Å². The standard InChI is InChI=1S/C14H20N2O3/c1-3-19-14(18)11-5-4-7-15-13(11)16-8-6-10(2)12(16)9-17/h4-5,7,10,12,17H,3,6,8-9H2,1-2H3. The van der Waals surface area contributed by atoms with Crippen molar-refractivity contribution < 1.29 is 14.6 Å². The van der Waals surface area contributed by atoms with Crippen LogP contribution in [0, 0.1) is 5.92 Å². The summed E-state index contributed by atoms with van der Waals surface area (Å²) in [6.07, 6.45) is 2.65. The lowest BCUT2D eigenvalue weighted by Crippen LogP contribution is -2.36. The summed E-state index contributed by atoms with van der Waals surface area (Å²) in [4.78, 5) is 18.3. The number of nitrogens with zero attached hydrogens (tertiary/aromatic N) is 2. The fourth-order valence-electron chi connectivity index (χ4n) is 2.54. The van der Waals surface area contributed by atoms with Crippen molar-refractivity contribution >= 4 is 11.8 Å². The Morgan fingerprint density at radius 1 is 1.63 bits per heavy atom. The van der Waals surface area contributed by atoms with Gasteiger partial charge in [-0.15, -0.1) is 0 Å². The summed E-state index contributed by atoms with van der Waals surface area (Å²) in [6, 6.07) is 3.46. The van der Waals surface area contributed by atoms with Gasteiger partial charge in [0.1, 0.15) is 11.4 Å². The first-order chi connectivity index (χ1) is 9.19. The molecule has 1 aromatic rings. The molecule has 1 aliphatic heterocycles. The fourth-order valence-corrected chi connectivity index (χ4v) is 2.54. The average Bonchev–Trinajstić information content (AvgIpc) is 2.80. The Labute approximate surface area is 113 Å². The Kier molecular flexibility index (Phi) is 4.37. The number of carbonyl (C=O) groups is 1. The quantitative estimate of drug-likeness (QED) is 0.834. The largest absolute Gasteiger partial charge is 0.462 e. The molecule has 5 heteroatoms. The number of aromatic nitrogens is 1. The molecule has 104 valence electrons. The van der Waals surface area contributed by atoms with Crippen LogP contribution in [0.5, 0.6) is 0 Å². The Hall–Kier alpha value is -1.62. The van der Waals surface area contributed by atoms with Gasteiger partial charge in [0, 0.05) is 12.7 Å². The molecular formula is C14H20N2O3. The molecule has 0 aromatic carbocycles. The summed E-state index contributed by atoms with van der Waals surface area (Å²) in [5, 5.41) is 9.52. The fraction of sp³-hybridized carbons (Fsp3) is 0.571. The van der Waals surface area contributed by atoms with E-state index < -0.39 is 0 Å². The van der Waals surface area contributed by atoms with E-state index >= 15 is 0 Å². The number of esters is 1. The van der Waals surface area contributed by atoms with Gasteiger partial charge in [0.05, 0.1) is 19.3 Å². The Balaban J connectivity index is 2.32. The molecule has 2 atom stereocenters. The van der Waals surface area contributed by atoms with Gasteiger partial charge >= 0.3 is 5.97 Å². The van der Waals surface area contributed by atoms with Crippen molar-refractivity contribution in [2.75, 3.05) is 24.7 Å². The highest BCUT2D eigenvalue weighted by atomic mass is 16.5. The molecule has 5 nitrogen and oxygen atoms in total. The van der Waals surface area contributed by atoms with Crippen LogP contribution < -0.4 is 4.90 Å². The first kappa shape index (κ1) is 13.8. The first-order valence-electron chi connectivity index (χ1n) is 6.68. The highest BCUT2D eigenvalue weighted by Gasteiger charge is 2.33. The predicted molar refractivity (Wildman–Crippen MR) is 72.2 cm³/mol. The van der Waals surface area contributed by atoms with Crippen LogP contribution in [0.1, 0.15) is 30.6 Å². The van der Waals surface area contributed by atoms with Crippen molar-refractivity contribution in [2.24, 2.45) is 5.92 Å². The lowest BCUT2D eigenvalue weighted by atomic mass is 10.0. The SMILES string of the molecule is CCOC(=O)c1cccnc1N1CCC(C)C1CO. The third kappa shape index (κ3) is 2.71. The van der Waals surface area contributed by atoms with Gasteiger partial charge < -0.3 is 14.7 Å². The van der Waals surface area contributed by atoms with Crippen molar-refractivity contribution in [1.82, 2.24) is 4.98 Å². The minimum absolute atomic E-state index is 0.0167. The van der Waals surface area contributed by atoms with E-state index in [4.69, 9.17) is 4.74 Å². The molecule has 0 bridgehead atoms. The molecule has 0 amide bonds. The summed E-state index contributed by atoms with van der Waals surface area (Å²) in [5.74, 6) is 0.647. The summed E-state index contributed by atoms with van der Waals surface area (Å²) in [6.45, 7) is 5.10. The highest BCUT2D eigenvalue weighted by Crippen LogP contribution is 2.30. The summed E-state index contributed by atoms with van der Waals surface area (Å²) in [5.41, 5.74) is 0.469. The summed E-state index contributed by atoms with van der Waals surface area (Å²) in [7, 11) is 0. The topological polar surface area (TPSA) is 62.7 Å². The third-order valence-electron chi connectivity index (χ3n) is 3.62. The number of pyridine rings is 1. The zero-order chi connectivity index (χ0) is 13.8. The number of hydrogen-bond acceptors (Lipinski definition) is 5. The highest BCUT2D eigenvalue weighted by molar-refractivity contribution is 5.94. The average molecular weight is 264 g/mol. The van der Waals surface area contributed by atoms with Crippen LogP contribution in [0.2, 0.25) is 0 Å². The lowest BCUT2D eigenvalue weighted by molar-refractivity contribution is 0.0526. The van der Waals surface area contributed by atoms with Crippen molar-refractivity contribution in [3.63, 3.8) is 0 Å². The molecule has 1 fully saturated rings. The molecule has 2 unspecified atom stereocenters. The monoisotopic (exact) mass is 264 g/mol. The molecule has 0 saturated carbocycles. The predicted octanol–water partition coefficient (Wildman–Crippen LogP) is 1.47. The Bertz CT molecular complexity index is 450. The molecule has 0 spiro atoms. The molecule has 1 saturated heterocycles. The Morgan fingerprint density at radius 3 is 3.11 bits per heavy atom. The van der Waals surface area contributed by atoms with Crippen LogP contribution in [0.3, 0.4) is 0 Å². The number of carbonyl (C=O) groups excluding carboxylic acids is 1. The smallest absolute Gasteiger partial charge is 0.341 e. The second-order valence-electron chi connectivity index (χ2n) is 4.80. The molecule has 0 radical (unpaired) electrons. The van der Waals surface area contributed by atoms with Crippen LogP contribution in [0.4, 0.5) is 5.82 Å². The van der Waals surface area contributed by atoms with E-state index in [0.717, 1.165) is 13.0 Å². The maximum absolute atomic E-state index is 11.9. The number of ether oxygens (including phenoxy) is 1. The second-order valence-corrected chi connectivity index (χ2v) is 4.80. The molecule has 2 rings (SSSR count). The van der Waals surface area contributed by atoms with Gasteiger partial charge in [0.15, 0.2) is 0 Å². The Morgan fingerprint density at radius 2 is 2.42 bits per heavy atom. The van der Waals surface area contributed by atoms with Gasteiger partial charge in [-0.1, -0.05) is 6.92 Å². The van der Waals surface area contributed by atoms with Crippen LogP contribution in [-0.2, 0) is 4.74 Å². The normalized spacial score (nSPS) is 22.6. The van der Waals surface area contributed by atoms with E-state index in [1.165, 1.54) is 0 Å². The number of hydrogen-bond donors (Lipinski definition) is 1. The minimum Gasteiger partial charge on any atom is -0.462 e. The van der Waals surface area contributed by atoms with Crippen LogP contribution in [0.15, 0.2) is 18.3 Å². The molecule has 2 heterocycles. The van der Waals surface area contributed by atoms with E-state index in [1.807, 2.05) is 4.90 Å². The van der Waals surface area contributed by atoms with Gasteiger partial charge in [-0.25, -0.2) is 9.78 Å². The van der Waals surface area contributed by atoms with E-state index in [-0.39, 0.29) is 18.6 Å². The number of aliphatic hydroxyl groups is 1. The molecule has 0 aliphatic carbocycles. The van der Waals surface area contributed by atoms with Crippen molar-refractivity contribution in [1.29, 1.82) is 0 Å². The number of anilines is 1. The maximum atomic E-state index is 11.9. The van der Waals surface area contributed by atoms with Gasteiger partial charge in [-0.3, -0.25) is 0 Å². The van der Waals surface area contributed by atoms with E-state index in [1.54, 1.807) is 25.3 Å². The third-order valence-corrected chi connectivity index (χ3v) is 3.62. The van der Waals surface area contributed by atoms with Gasteiger partial charge in [0.2, 0.25) is 0 Å². The maximum Gasteiger partial charge on any atom is 0.341 e. The van der Waals surface area contributed by atoms with E-state index in [2.05, 4.69) is 11.9 Å². The number of aliphatic hydroxyl groups excluding tert-OH is 1. The molecule has 1 aliphatic rings. The zero-order valence-corrected chi connectivity index (χ0v) is 11.4. The van der Waals surface area contributed by atoms with Crippen molar-refractivity contribution in [3.05, 3.63) is 23.9 Å². The van der Waals surface area contributed by atoms with E-state index in [0.29, 0.717) is 23.9 Å². The van der Waals surface area contributed by atoms with Crippen molar-refractivity contribution in [3.8, 4) is 0 Å². The molecular weight excluding hydrogens is 244 g/mol. The molecule has 1 N–H and O–H groups in total. The molecule has 1 aromatic heterocycles. The minimum atomic E-state index is -0.359. The summed E-state index contributed by atoms with van der Waals surface area (Å²) >= 11 is 0. The van der Waals surface area contributed by atoms with Crippen LogP contribution in [0.25, 0.3) is 0 Å². The molecule has 19 heavy (non-hydrogen) atoms. The van der Waals surface area contributed by atoms with Crippen molar-refractivity contribution in [2.45, 2.75) is 26.3 Å². The first-order valence-corrected chi connectivity index (χ1v) is 6.68. The lowest BCUT2D eigenvalue weighted by Gasteiger charge is -2.27.